The average Bonchev–Trinajstić information content (AvgIpc) is 2.71. The van der Waals surface area contributed by atoms with Crippen molar-refractivity contribution < 1.29 is 14.3 Å². The fraction of sp³-hybridized carbons (Fsp3) is 0.556. The number of urea groups is 1. The lowest BCUT2D eigenvalue weighted by Crippen LogP contribution is -2.28. The molecule has 18 heavy (non-hydrogen) atoms. The molecule has 0 aromatic carbocycles. The summed E-state index contributed by atoms with van der Waals surface area (Å²) in [5.74, 6) is 0.815. The molecule has 0 aliphatic carbocycles. The number of nitrogens with zero attached hydrogens (tertiary/aromatic N) is 4. The molecule has 1 rings (SSSR count). The Kier molecular flexibility index (Phi) is 5.35. The molecule has 0 aliphatic rings. The van der Waals surface area contributed by atoms with Crippen LogP contribution in [0.3, 0.4) is 0 Å². The highest BCUT2D eigenvalue weighted by Gasteiger charge is 2.13. The summed E-state index contributed by atoms with van der Waals surface area (Å²) in [6.45, 7) is 1.97. The molecular formula is C9H14N4O3S2. The number of ether oxygens (including phenoxy) is 1. The van der Waals surface area contributed by atoms with Crippen molar-refractivity contribution >= 4 is 35.2 Å². The van der Waals surface area contributed by atoms with Crippen molar-refractivity contribution in [1.29, 1.82) is 0 Å². The molecule has 0 aliphatic heterocycles. The monoisotopic (exact) mass is 290 g/mol. The van der Waals surface area contributed by atoms with Crippen molar-refractivity contribution in [3.05, 3.63) is 4.80 Å². The lowest BCUT2D eigenvalue weighted by molar-refractivity contribution is 0.167. The molecule has 0 saturated carbocycles. The van der Waals surface area contributed by atoms with E-state index in [4.69, 9.17) is 0 Å². The SMILES string of the molecule is CCSc1nn(C(=O)OC)c(=NC(=O)N(C)C)s1. The van der Waals surface area contributed by atoms with Gasteiger partial charge < -0.3 is 9.64 Å². The van der Waals surface area contributed by atoms with Gasteiger partial charge in [-0.1, -0.05) is 30.0 Å². The standard InChI is InChI=1S/C9H14N4O3S2/c1-5-17-8-11-13(9(15)16-4)7(18-8)10-6(14)12(2)3/h5H2,1-4H3. The summed E-state index contributed by atoms with van der Waals surface area (Å²) < 4.78 is 6.23. The molecule has 100 valence electrons. The van der Waals surface area contributed by atoms with Crippen molar-refractivity contribution in [3.63, 3.8) is 0 Å². The maximum atomic E-state index is 11.5. The highest BCUT2D eigenvalue weighted by molar-refractivity contribution is 8.00. The molecule has 0 unspecified atom stereocenters. The maximum Gasteiger partial charge on any atom is 0.437 e. The molecule has 0 spiro atoms. The average molecular weight is 290 g/mol. The molecule has 0 bridgehead atoms. The lowest BCUT2D eigenvalue weighted by Gasteiger charge is -2.03. The third kappa shape index (κ3) is 3.57. The van der Waals surface area contributed by atoms with E-state index in [0.717, 1.165) is 10.4 Å². The van der Waals surface area contributed by atoms with E-state index in [1.165, 1.54) is 35.1 Å². The van der Waals surface area contributed by atoms with E-state index in [1.807, 2.05) is 6.92 Å². The predicted molar refractivity (Wildman–Crippen MR) is 69.0 cm³/mol. The van der Waals surface area contributed by atoms with Gasteiger partial charge in [0, 0.05) is 14.1 Å². The Morgan fingerprint density at radius 3 is 2.72 bits per heavy atom. The number of methoxy groups -OCH3 is 1. The highest BCUT2D eigenvalue weighted by Crippen LogP contribution is 2.16. The van der Waals surface area contributed by atoms with Crippen molar-refractivity contribution in [3.8, 4) is 0 Å². The van der Waals surface area contributed by atoms with Gasteiger partial charge in [-0.2, -0.15) is 4.99 Å². The van der Waals surface area contributed by atoms with Gasteiger partial charge in [-0.15, -0.1) is 9.78 Å². The Balaban J connectivity index is 3.23. The largest absolute Gasteiger partial charge is 0.451 e. The van der Waals surface area contributed by atoms with Gasteiger partial charge in [0.2, 0.25) is 4.80 Å². The number of aromatic nitrogens is 2. The van der Waals surface area contributed by atoms with Crippen LogP contribution in [0, 0.1) is 0 Å². The number of hydrogen-bond donors (Lipinski definition) is 0. The van der Waals surface area contributed by atoms with Gasteiger partial charge in [0.15, 0.2) is 4.34 Å². The molecular weight excluding hydrogens is 276 g/mol. The van der Waals surface area contributed by atoms with E-state index in [9.17, 15) is 9.59 Å². The first-order chi connectivity index (χ1) is 8.49. The van der Waals surface area contributed by atoms with Gasteiger partial charge in [0.25, 0.3) is 0 Å². The first kappa shape index (κ1) is 14.7. The number of hydrogen-bond acceptors (Lipinski definition) is 6. The third-order valence-corrected chi connectivity index (χ3v) is 3.65. The van der Waals surface area contributed by atoms with Crippen molar-refractivity contribution in [2.75, 3.05) is 27.0 Å². The predicted octanol–water partition coefficient (Wildman–Crippen LogP) is 1.25. The smallest absolute Gasteiger partial charge is 0.437 e. The summed E-state index contributed by atoms with van der Waals surface area (Å²) in [5.41, 5.74) is 0. The number of amides is 2. The fourth-order valence-electron chi connectivity index (χ4n) is 0.905. The minimum absolute atomic E-state index is 0.205. The topological polar surface area (TPSA) is 76.8 Å². The van der Waals surface area contributed by atoms with E-state index in [2.05, 4.69) is 14.8 Å². The zero-order valence-corrected chi connectivity index (χ0v) is 12.2. The van der Waals surface area contributed by atoms with E-state index < -0.39 is 12.1 Å². The Bertz CT molecular complexity index is 506. The van der Waals surface area contributed by atoms with Gasteiger partial charge in [-0.25, -0.2) is 9.59 Å². The number of carbonyl (C=O) groups excluding carboxylic acids is 2. The molecule has 7 nitrogen and oxygen atoms in total. The van der Waals surface area contributed by atoms with Crippen LogP contribution in [0.4, 0.5) is 9.59 Å². The second kappa shape index (κ2) is 6.55. The molecule has 0 N–H and O–H groups in total. The highest BCUT2D eigenvalue weighted by atomic mass is 32.2. The van der Waals surface area contributed by atoms with Crippen LogP contribution in [-0.4, -0.2) is 53.8 Å². The minimum atomic E-state index is -0.667. The van der Waals surface area contributed by atoms with Gasteiger partial charge in [-0.3, -0.25) is 0 Å². The van der Waals surface area contributed by atoms with Crippen LogP contribution in [-0.2, 0) is 4.74 Å². The van der Waals surface area contributed by atoms with E-state index in [1.54, 1.807) is 14.1 Å². The fourth-order valence-corrected chi connectivity index (χ4v) is 2.71. The molecule has 2 amide bonds. The zero-order valence-electron chi connectivity index (χ0n) is 10.5. The summed E-state index contributed by atoms with van der Waals surface area (Å²) in [7, 11) is 4.41. The third-order valence-electron chi connectivity index (χ3n) is 1.73. The summed E-state index contributed by atoms with van der Waals surface area (Å²) in [6.07, 6.45) is -0.667. The Morgan fingerprint density at radius 1 is 1.56 bits per heavy atom. The Hall–Kier alpha value is -1.35. The maximum absolute atomic E-state index is 11.5. The molecule has 1 aromatic rings. The first-order valence-corrected chi connectivity index (χ1v) is 6.87. The number of thioether (sulfide) groups is 1. The van der Waals surface area contributed by atoms with E-state index >= 15 is 0 Å². The van der Waals surface area contributed by atoms with Gasteiger partial charge in [-0.05, 0) is 5.75 Å². The minimum Gasteiger partial charge on any atom is -0.451 e. The van der Waals surface area contributed by atoms with Crippen LogP contribution < -0.4 is 4.80 Å². The second-order valence-corrected chi connectivity index (χ2v) is 5.72. The number of rotatable bonds is 2. The first-order valence-electron chi connectivity index (χ1n) is 5.06. The number of carbonyl (C=O) groups is 2. The van der Waals surface area contributed by atoms with Gasteiger partial charge in [0.1, 0.15) is 0 Å². The van der Waals surface area contributed by atoms with Gasteiger partial charge in [0.05, 0.1) is 7.11 Å². The molecule has 0 radical (unpaired) electrons. The lowest BCUT2D eigenvalue weighted by atomic mass is 10.8. The molecule has 1 aromatic heterocycles. The molecule has 0 atom stereocenters. The van der Waals surface area contributed by atoms with E-state index in [0.29, 0.717) is 4.34 Å². The molecule has 0 saturated heterocycles. The molecule has 0 fully saturated rings. The quantitative estimate of drug-likeness (QED) is 0.766. The molecule has 9 heteroatoms. The summed E-state index contributed by atoms with van der Waals surface area (Å²) in [5, 5.41) is 4.04. The summed E-state index contributed by atoms with van der Waals surface area (Å²) in [4.78, 5) is 28.3. The van der Waals surface area contributed by atoms with Crippen molar-refractivity contribution in [2.24, 2.45) is 4.99 Å². The van der Waals surface area contributed by atoms with Crippen molar-refractivity contribution in [2.45, 2.75) is 11.3 Å². The second-order valence-electron chi connectivity index (χ2n) is 3.25. The van der Waals surface area contributed by atoms with E-state index in [-0.39, 0.29) is 4.80 Å². The van der Waals surface area contributed by atoms with Crippen LogP contribution in [0.25, 0.3) is 0 Å². The van der Waals surface area contributed by atoms with Crippen LogP contribution >= 0.6 is 23.1 Å². The Labute approximate surface area is 112 Å². The normalized spacial score (nSPS) is 11.4. The van der Waals surface area contributed by atoms with Crippen LogP contribution in [0.15, 0.2) is 9.33 Å². The van der Waals surface area contributed by atoms with Crippen LogP contribution in [0.5, 0.6) is 0 Å². The van der Waals surface area contributed by atoms with Crippen LogP contribution in [0.1, 0.15) is 6.92 Å². The summed E-state index contributed by atoms with van der Waals surface area (Å²) >= 11 is 2.64. The van der Waals surface area contributed by atoms with Crippen LogP contribution in [0.2, 0.25) is 0 Å². The molecule has 1 heterocycles. The summed E-state index contributed by atoms with van der Waals surface area (Å²) in [6, 6.07) is -0.454. The Morgan fingerprint density at radius 2 is 2.22 bits per heavy atom. The van der Waals surface area contributed by atoms with Crippen molar-refractivity contribution in [1.82, 2.24) is 14.7 Å². The van der Waals surface area contributed by atoms with Gasteiger partial charge >= 0.3 is 12.1 Å². The zero-order chi connectivity index (χ0) is 13.7.